The molecule has 1 fully saturated rings. The zero-order chi connectivity index (χ0) is 18.8. The number of rotatable bonds is 4. The molecule has 1 unspecified atom stereocenters. The number of amides is 2. The summed E-state index contributed by atoms with van der Waals surface area (Å²) in [4.78, 5) is 36.7. The standard InChI is InChI=1S/C18H16ClN3O4/c1-11-3-2-4-14(7-11)21-10-12(8-17(21)23)18(24)20-13-5-6-15(19)16(9-13)22(25)26/h2-7,9,12H,8,10H2,1H3,(H,20,24). The van der Waals surface area contributed by atoms with Crippen molar-refractivity contribution in [2.24, 2.45) is 5.92 Å². The van der Waals surface area contributed by atoms with Gasteiger partial charge >= 0.3 is 0 Å². The van der Waals surface area contributed by atoms with Gasteiger partial charge in [0.1, 0.15) is 5.02 Å². The molecule has 0 spiro atoms. The van der Waals surface area contributed by atoms with Crippen molar-refractivity contribution in [3.63, 3.8) is 0 Å². The van der Waals surface area contributed by atoms with Crippen molar-refractivity contribution < 1.29 is 14.5 Å². The number of anilines is 2. The Bertz CT molecular complexity index is 900. The van der Waals surface area contributed by atoms with Crippen LogP contribution >= 0.6 is 11.6 Å². The second-order valence-electron chi connectivity index (χ2n) is 6.16. The lowest BCUT2D eigenvalue weighted by Crippen LogP contribution is -2.28. The molecule has 2 aromatic rings. The van der Waals surface area contributed by atoms with Crippen LogP contribution in [0.5, 0.6) is 0 Å². The monoisotopic (exact) mass is 373 g/mol. The molecule has 1 saturated heterocycles. The van der Waals surface area contributed by atoms with E-state index >= 15 is 0 Å². The first-order valence-electron chi connectivity index (χ1n) is 7.97. The molecule has 8 heteroatoms. The maximum absolute atomic E-state index is 12.5. The van der Waals surface area contributed by atoms with Gasteiger partial charge in [0.05, 0.1) is 10.8 Å². The van der Waals surface area contributed by atoms with Crippen LogP contribution in [-0.4, -0.2) is 23.3 Å². The summed E-state index contributed by atoms with van der Waals surface area (Å²) in [6.07, 6.45) is 0.0927. The first kappa shape index (κ1) is 17.9. The van der Waals surface area contributed by atoms with E-state index in [0.717, 1.165) is 11.3 Å². The van der Waals surface area contributed by atoms with Gasteiger partial charge in [-0.25, -0.2) is 0 Å². The van der Waals surface area contributed by atoms with E-state index in [2.05, 4.69) is 5.32 Å². The molecule has 2 aromatic carbocycles. The van der Waals surface area contributed by atoms with E-state index in [4.69, 9.17) is 11.6 Å². The van der Waals surface area contributed by atoms with Crippen molar-refractivity contribution in [1.29, 1.82) is 0 Å². The topological polar surface area (TPSA) is 92.6 Å². The highest BCUT2D eigenvalue weighted by molar-refractivity contribution is 6.32. The molecule has 0 aromatic heterocycles. The maximum Gasteiger partial charge on any atom is 0.289 e. The van der Waals surface area contributed by atoms with Gasteiger partial charge in [0, 0.05) is 30.4 Å². The van der Waals surface area contributed by atoms with Crippen LogP contribution in [-0.2, 0) is 9.59 Å². The van der Waals surface area contributed by atoms with Gasteiger partial charge in [0.15, 0.2) is 0 Å². The number of carbonyl (C=O) groups is 2. The lowest BCUT2D eigenvalue weighted by Gasteiger charge is -2.17. The number of hydrogen-bond acceptors (Lipinski definition) is 4. The van der Waals surface area contributed by atoms with Crippen molar-refractivity contribution in [3.8, 4) is 0 Å². The van der Waals surface area contributed by atoms with E-state index in [1.54, 1.807) is 4.90 Å². The van der Waals surface area contributed by atoms with Crippen molar-refractivity contribution in [2.75, 3.05) is 16.8 Å². The SMILES string of the molecule is Cc1cccc(N2CC(C(=O)Nc3ccc(Cl)c([N+](=O)[O-])c3)CC2=O)c1. The number of carbonyl (C=O) groups excluding carboxylic acids is 2. The number of halogens is 1. The van der Waals surface area contributed by atoms with Gasteiger partial charge in [-0.3, -0.25) is 19.7 Å². The predicted molar refractivity (Wildman–Crippen MR) is 98.4 cm³/mol. The highest BCUT2D eigenvalue weighted by Crippen LogP contribution is 2.29. The number of nitro benzene ring substituents is 1. The minimum atomic E-state index is -0.615. The number of nitrogens with zero attached hydrogens (tertiary/aromatic N) is 2. The van der Waals surface area contributed by atoms with Gasteiger partial charge in [-0.1, -0.05) is 23.7 Å². The summed E-state index contributed by atoms with van der Waals surface area (Å²) in [6, 6.07) is 11.6. The molecule has 1 heterocycles. The van der Waals surface area contributed by atoms with Crippen LogP contribution < -0.4 is 10.2 Å². The van der Waals surface area contributed by atoms with Crippen molar-refractivity contribution >= 4 is 40.5 Å². The number of nitrogens with one attached hydrogen (secondary N) is 1. The first-order valence-corrected chi connectivity index (χ1v) is 8.35. The largest absolute Gasteiger partial charge is 0.326 e. The predicted octanol–water partition coefficient (Wildman–Crippen LogP) is 3.55. The quantitative estimate of drug-likeness (QED) is 0.655. The lowest BCUT2D eigenvalue weighted by atomic mass is 10.1. The Balaban J connectivity index is 1.72. The first-order chi connectivity index (χ1) is 12.3. The van der Waals surface area contributed by atoms with Gasteiger partial charge in [0.25, 0.3) is 5.69 Å². The molecule has 1 aliphatic heterocycles. The Morgan fingerprint density at radius 1 is 1.31 bits per heavy atom. The van der Waals surface area contributed by atoms with Crippen molar-refractivity contribution in [2.45, 2.75) is 13.3 Å². The molecule has 7 nitrogen and oxygen atoms in total. The third kappa shape index (κ3) is 3.67. The van der Waals surface area contributed by atoms with Crippen LogP contribution in [0.3, 0.4) is 0 Å². The van der Waals surface area contributed by atoms with E-state index in [9.17, 15) is 19.7 Å². The van der Waals surface area contributed by atoms with Crippen LogP contribution in [0.4, 0.5) is 17.1 Å². The van der Waals surface area contributed by atoms with Crippen LogP contribution in [0.25, 0.3) is 0 Å². The minimum Gasteiger partial charge on any atom is -0.326 e. The maximum atomic E-state index is 12.5. The van der Waals surface area contributed by atoms with E-state index in [1.165, 1.54) is 18.2 Å². The Hall–Kier alpha value is -2.93. The molecule has 134 valence electrons. The van der Waals surface area contributed by atoms with Crippen molar-refractivity contribution in [1.82, 2.24) is 0 Å². The zero-order valence-electron chi connectivity index (χ0n) is 13.9. The summed E-state index contributed by atoms with van der Waals surface area (Å²) in [5.41, 5.74) is 1.77. The van der Waals surface area contributed by atoms with E-state index in [1.807, 2.05) is 31.2 Å². The third-order valence-corrected chi connectivity index (χ3v) is 4.54. The molecule has 1 N–H and O–H groups in total. The summed E-state index contributed by atoms with van der Waals surface area (Å²) in [7, 11) is 0. The highest BCUT2D eigenvalue weighted by atomic mass is 35.5. The number of nitro groups is 1. The molecule has 26 heavy (non-hydrogen) atoms. The van der Waals surface area contributed by atoms with Gasteiger partial charge in [0.2, 0.25) is 11.8 Å². The van der Waals surface area contributed by atoms with Crippen LogP contribution in [0, 0.1) is 23.0 Å². The average Bonchev–Trinajstić information content (AvgIpc) is 2.98. The Morgan fingerprint density at radius 3 is 2.77 bits per heavy atom. The van der Waals surface area contributed by atoms with Gasteiger partial charge in [-0.15, -0.1) is 0 Å². The second-order valence-corrected chi connectivity index (χ2v) is 6.56. The summed E-state index contributed by atoms with van der Waals surface area (Å²) in [5.74, 6) is -1.01. The average molecular weight is 374 g/mol. The van der Waals surface area contributed by atoms with Gasteiger partial charge in [-0.2, -0.15) is 0 Å². The Morgan fingerprint density at radius 2 is 2.08 bits per heavy atom. The zero-order valence-corrected chi connectivity index (χ0v) is 14.7. The smallest absolute Gasteiger partial charge is 0.289 e. The Kier molecular flexibility index (Phi) is 4.90. The molecular formula is C18H16ClN3O4. The summed E-state index contributed by atoms with van der Waals surface area (Å²) in [6.45, 7) is 2.20. The van der Waals surface area contributed by atoms with Gasteiger partial charge < -0.3 is 10.2 Å². The fraction of sp³-hybridized carbons (Fsp3) is 0.222. The van der Waals surface area contributed by atoms with Gasteiger partial charge in [-0.05, 0) is 36.8 Å². The fourth-order valence-corrected chi connectivity index (χ4v) is 3.09. The van der Waals surface area contributed by atoms with E-state index < -0.39 is 10.8 Å². The molecular weight excluding hydrogens is 358 g/mol. The lowest BCUT2D eigenvalue weighted by molar-refractivity contribution is -0.384. The summed E-state index contributed by atoms with van der Waals surface area (Å²) < 4.78 is 0. The summed E-state index contributed by atoms with van der Waals surface area (Å²) in [5, 5.41) is 13.6. The minimum absolute atomic E-state index is 0.00494. The molecule has 3 rings (SSSR count). The number of benzene rings is 2. The van der Waals surface area contributed by atoms with E-state index in [0.29, 0.717) is 0 Å². The van der Waals surface area contributed by atoms with Crippen LogP contribution in [0.2, 0.25) is 5.02 Å². The number of aryl methyl sites for hydroxylation is 1. The third-order valence-electron chi connectivity index (χ3n) is 4.22. The molecule has 0 bridgehead atoms. The van der Waals surface area contributed by atoms with Crippen molar-refractivity contribution in [3.05, 3.63) is 63.2 Å². The molecule has 0 saturated carbocycles. The van der Waals surface area contributed by atoms with Crippen LogP contribution in [0.15, 0.2) is 42.5 Å². The van der Waals surface area contributed by atoms with Crippen LogP contribution in [0.1, 0.15) is 12.0 Å². The molecule has 1 atom stereocenters. The molecule has 1 aliphatic rings. The fourth-order valence-electron chi connectivity index (χ4n) is 2.90. The highest BCUT2D eigenvalue weighted by Gasteiger charge is 2.35. The molecule has 0 radical (unpaired) electrons. The summed E-state index contributed by atoms with van der Waals surface area (Å²) >= 11 is 5.77. The normalized spacial score (nSPS) is 16.6. The molecule has 2 amide bonds. The second kappa shape index (κ2) is 7.13. The van der Waals surface area contributed by atoms with E-state index in [-0.39, 0.29) is 41.2 Å². The Labute approximate surface area is 154 Å². The number of hydrogen-bond donors (Lipinski definition) is 1. The molecule has 0 aliphatic carbocycles.